The SMILES string of the molecule is CCOc1cc(CNCCCSC)ccc1OC. The summed E-state index contributed by atoms with van der Waals surface area (Å²) in [5, 5.41) is 3.43. The predicted octanol–water partition coefficient (Wildman–Crippen LogP) is 2.94. The minimum absolute atomic E-state index is 0.654. The summed E-state index contributed by atoms with van der Waals surface area (Å²) in [4.78, 5) is 0. The van der Waals surface area contributed by atoms with Crippen LogP contribution < -0.4 is 14.8 Å². The van der Waals surface area contributed by atoms with E-state index in [-0.39, 0.29) is 0 Å². The van der Waals surface area contributed by atoms with Crippen molar-refractivity contribution in [3.8, 4) is 11.5 Å². The lowest BCUT2D eigenvalue weighted by atomic mass is 10.2. The fraction of sp³-hybridized carbons (Fsp3) is 0.571. The monoisotopic (exact) mass is 269 g/mol. The van der Waals surface area contributed by atoms with Gasteiger partial charge in [-0.25, -0.2) is 0 Å². The first-order valence-corrected chi connectivity index (χ1v) is 7.70. The highest BCUT2D eigenvalue weighted by atomic mass is 32.2. The molecule has 18 heavy (non-hydrogen) atoms. The van der Waals surface area contributed by atoms with Crippen molar-refractivity contribution in [2.75, 3.05) is 32.3 Å². The van der Waals surface area contributed by atoms with Crippen molar-refractivity contribution in [1.29, 1.82) is 0 Å². The van der Waals surface area contributed by atoms with Gasteiger partial charge in [-0.05, 0) is 49.6 Å². The van der Waals surface area contributed by atoms with Crippen LogP contribution in [0.4, 0.5) is 0 Å². The molecule has 0 spiro atoms. The van der Waals surface area contributed by atoms with E-state index >= 15 is 0 Å². The summed E-state index contributed by atoms with van der Waals surface area (Å²) in [6.07, 6.45) is 3.34. The second-order valence-corrected chi connectivity index (χ2v) is 4.93. The number of nitrogens with one attached hydrogen (secondary N) is 1. The van der Waals surface area contributed by atoms with Crippen LogP contribution in [0, 0.1) is 0 Å². The third-order valence-electron chi connectivity index (χ3n) is 2.56. The van der Waals surface area contributed by atoms with Gasteiger partial charge < -0.3 is 14.8 Å². The van der Waals surface area contributed by atoms with Gasteiger partial charge in [0.2, 0.25) is 0 Å². The van der Waals surface area contributed by atoms with E-state index in [9.17, 15) is 0 Å². The van der Waals surface area contributed by atoms with Crippen LogP contribution in [0.15, 0.2) is 18.2 Å². The Balaban J connectivity index is 2.48. The van der Waals surface area contributed by atoms with Gasteiger partial charge in [-0.3, -0.25) is 0 Å². The summed E-state index contributed by atoms with van der Waals surface area (Å²) in [5.74, 6) is 2.83. The van der Waals surface area contributed by atoms with Crippen molar-refractivity contribution >= 4 is 11.8 Å². The van der Waals surface area contributed by atoms with Crippen LogP contribution in [0.25, 0.3) is 0 Å². The second-order valence-electron chi connectivity index (χ2n) is 3.94. The number of methoxy groups -OCH3 is 1. The summed E-state index contributed by atoms with van der Waals surface area (Å²) >= 11 is 1.89. The lowest BCUT2D eigenvalue weighted by Crippen LogP contribution is -2.15. The largest absolute Gasteiger partial charge is 0.493 e. The van der Waals surface area contributed by atoms with Crippen LogP contribution in [0.3, 0.4) is 0 Å². The lowest BCUT2D eigenvalue weighted by Gasteiger charge is -2.11. The molecule has 0 unspecified atom stereocenters. The van der Waals surface area contributed by atoms with Gasteiger partial charge >= 0.3 is 0 Å². The molecular weight excluding hydrogens is 246 g/mol. The highest BCUT2D eigenvalue weighted by molar-refractivity contribution is 7.98. The highest BCUT2D eigenvalue weighted by Gasteiger charge is 2.04. The zero-order chi connectivity index (χ0) is 13.2. The minimum Gasteiger partial charge on any atom is -0.493 e. The molecule has 1 rings (SSSR count). The molecule has 1 aromatic rings. The Morgan fingerprint density at radius 2 is 2.11 bits per heavy atom. The topological polar surface area (TPSA) is 30.5 Å². The minimum atomic E-state index is 0.654. The first kappa shape index (κ1) is 15.2. The third kappa shape index (κ3) is 5.19. The zero-order valence-electron chi connectivity index (χ0n) is 11.5. The first-order valence-electron chi connectivity index (χ1n) is 6.31. The van der Waals surface area contributed by atoms with Gasteiger partial charge in [0.25, 0.3) is 0 Å². The molecule has 0 aromatic heterocycles. The molecular formula is C14H23NO2S. The van der Waals surface area contributed by atoms with E-state index in [0.717, 1.165) is 24.6 Å². The third-order valence-corrected chi connectivity index (χ3v) is 3.26. The van der Waals surface area contributed by atoms with Crippen molar-refractivity contribution in [3.05, 3.63) is 23.8 Å². The molecule has 0 aliphatic carbocycles. The Kier molecular flexibility index (Phi) is 7.69. The standard InChI is InChI=1S/C14H23NO2S/c1-4-17-14-10-12(6-7-13(14)16-2)11-15-8-5-9-18-3/h6-7,10,15H,4-5,8-9,11H2,1-3H3. The van der Waals surface area contributed by atoms with Crippen molar-refractivity contribution in [3.63, 3.8) is 0 Å². The number of hydrogen-bond acceptors (Lipinski definition) is 4. The predicted molar refractivity (Wildman–Crippen MR) is 78.9 cm³/mol. The zero-order valence-corrected chi connectivity index (χ0v) is 12.3. The van der Waals surface area contributed by atoms with E-state index in [1.54, 1.807) is 7.11 Å². The smallest absolute Gasteiger partial charge is 0.161 e. The number of hydrogen-bond donors (Lipinski definition) is 1. The van der Waals surface area contributed by atoms with Crippen LogP contribution in [-0.4, -0.2) is 32.3 Å². The molecule has 1 N–H and O–H groups in total. The quantitative estimate of drug-likeness (QED) is 0.698. The van der Waals surface area contributed by atoms with Crippen molar-refractivity contribution in [2.24, 2.45) is 0 Å². The van der Waals surface area contributed by atoms with Gasteiger partial charge in [0.1, 0.15) is 0 Å². The first-order chi connectivity index (χ1) is 8.81. The van der Waals surface area contributed by atoms with Crippen LogP contribution in [0.5, 0.6) is 11.5 Å². The van der Waals surface area contributed by atoms with Crippen LogP contribution >= 0.6 is 11.8 Å². The Bertz CT molecular complexity index is 345. The maximum atomic E-state index is 5.56. The lowest BCUT2D eigenvalue weighted by molar-refractivity contribution is 0.310. The average molecular weight is 269 g/mol. The molecule has 3 nitrogen and oxygen atoms in total. The molecule has 0 amide bonds. The van der Waals surface area contributed by atoms with E-state index in [4.69, 9.17) is 9.47 Å². The Morgan fingerprint density at radius 3 is 2.78 bits per heavy atom. The van der Waals surface area contributed by atoms with Crippen LogP contribution in [0.2, 0.25) is 0 Å². The summed E-state index contributed by atoms with van der Waals surface area (Å²) < 4.78 is 10.8. The van der Waals surface area contributed by atoms with Gasteiger partial charge in [-0.1, -0.05) is 6.07 Å². The summed E-state index contributed by atoms with van der Waals surface area (Å²) in [6.45, 7) is 4.56. The molecule has 0 saturated carbocycles. The molecule has 0 heterocycles. The summed E-state index contributed by atoms with van der Waals surface area (Å²) in [6, 6.07) is 6.08. The maximum absolute atomic E-state index is 5.56. The number of ether oxygens (including phenoxy) is 2. The fourth-order valence-electron chi connectivity index (χ4n) is 1.67. The Morgan fingerprint density at radius 1 is 1.28 bits per heavy atom. The molecule has 0 saturated heterocycles. The van der Waals surface area contributed by atoms with Crippen molar-refractivity contribution in [1.82, 2.24) is 5.32 Å². The Hall–Kier alpha value is -0.870. The molecule has 4 heteroatoms. The molecule has 0 aliphatic heterocycles. The van der Waals surface area contributed by atoms with Crippen LogP contribution in [0.1, 0.15) is 18.9 Å². The average Bonchev–Trinajstić information content (AvgIpc) is 2.39. The Labute approximate surface area is 114 Å². The van der Waals surface area contributed by atoms with Gasteiger partial charge in [-0.15, -0.1) is 0 Å². The summed E-state index contributed by atoms with van der Waals surface area (Å²) in [5.41, 5.74) is 1.23. The molecule has 0 aliphatic rings. The summed E-state index contributed by atoms with van der Waals surface area (Å²) in [7, 11) is 1.66. The normalized spacial score (nSPS) is 10.4. The number of rotatable bonds is 9. The van der Waals surface area contributed by atoms with Gasteiger partial charge in [0.05, 0.1) is 13.7 Å². The van der Waals surface area contributed by atoms with E-state index in [0.29, 0.717) is 6.61 Å². The van der Waals surface area contributed by atoms with Crippen molar-refractivity contribution in [2.45, 2.75) is 19.9 Å². The molecule has 102 valence electrons. The number of benzene rings is 1. The van der Waals surface area contributed by atoms with E-state index in [1.807, 2.05) is 30.8 Å². The van der Waals surface area contributed by atoms with Crippen LogP contribution in [-0.2, 0) is 6.54 Å². The van der Waals surface area contributed by atoms with Gasteiger partial charge in [-0.2, -0.15) is 11.8 Å². The van der Waals surface area contributed by atoms with E-state index in [2.05, 4.69) is 17.6 Å². The molecule has 0 bridgehead atoms. The van der Waals surface area contributed by atoms with E-state index < -0.39 is 0 Å². The molecule has 1 aromatic carbocycles. The fourth-order valence-corrected chi connectivity index (χ4v) is 2.11. The second kappa shape index (κ2) is 9.11. The van der Waals surface area contributed by atoms with Gasteiger partial charge in [0, 0.05) is 6.54 Å². The number of thioether (sulfide) groups is 1. The highest BCUT2D eigenvalue weighted by Crippen LogP contribution is 2.27. The van der Waals surface area contributed by atoms with E-state index in [1.165, 1.54) is 17.7 Å². The maximum Gasteiger partial charge on any atom is 0.161 e. The molecule has 0 radical (unpaired) electrons. The van der Waals surface area contributed by atoms with Gasteiger partial charge in [0.15, 0.2) is 11.5 Å². The van der Waals surface area contributed by atoms with Crippen molar-refractivity contribution < 1.29 is 9.47 Å². The molecule has 0 fully saturated rings. The molecule has 0 atom stereocenters.